The van der Waals surface area contributed by atoms with Gasteiger partial charge in [0.1, 0.15) is 12.6 Å². The smallest absolute Gasteiger partial charge is 0.251 e. The lowest BCUT2D eigenvalue weighted by molar-refractivity contribution is -0.129. The third-order valence-corrected chi connectivity index (χ3v) is 5.04. The maximum atomic E-state index is 12.7. The lowest BCUT2D eigenvalue weighted by Gasteiger charge is -2.18. The first-order valence-corrected chi connectivity index (χ1v) is 11.2. The molecule has 0 aliphatic carbocycles. The van der Waals surface area contributed by atoms with Crippen LogP contribution in [0.4, 0.5) is 0 Å². The van der Waals surface area contributed by atoms with Gasteiger partial charge in [-0.25, -0.2) is 5.48 Å². The van der Waals surface area contributed by atoms with Crippen LogP contribution in [0.5, 0.6) is 0 Å². The maximum Gasteiger partial charge on any atom is 0.251 e. The average molecular weight is 466 g/mol. The van der Waals surface area contributed by atoms with Gasteiger partial charge in [0.05, 0.1) is 0 Å². The third-order valence-electron chi connectivity index (χ3n) is 5.04. The molecule has 2 aromatic rings. The first kappa shape index (κ1) is 26.6. The fourth-order valence-electron chi connectivity index (χ4n) is 3.19. The molecule has 180 valence electrons. The van der Waals surface area contributed by atoms with Gasteiger partial charge in [-0.05, 0) is 55.5 Å². The minimum absolute atomic E-state index is 0.0502. The first-order chi connectivity index (χ1) is 16.5. The highest BCUT2D eigenvalue weighted by atomic mass is 16.5. The second kappa shape index (κ2) is 15.2. The van der Waals surface area contributed by atoms with Gasteiger partial charge < -0.3 is 15.4 Å². The van der Waals surface area contributed by atoms with Crippen molar-refractivity contribution in [1.29, 1.82) is 0 Å². The van der Waals surface area contributed by atoms with E-state index in [0.717, 1.165) is 24.8 Å². The molecule has 0 bridgehead atoms. The van der Waals surface area contributed by atoms with E-state index < -0.39 is 17.9 Å². The van der Waals surface area contributed by atoms with Crippen LogP contribution in [0.1, 0.15) is 47.2 Å². The summed E-state index contributed by atoms with van der Waals surface area (Å²) in [6.07, 6.45) is 2.54. The zero-order chi connectivity index (χ0) is 24.6. The number of hydroxylamine groups is 1. The topological polar surface area (TPSA) is 117 Å². The molecule has 0 aliphatic heterocycles. The molecular formula is C26H31N3O5. The monoisotopic (exact) mass is 465 g/mol. The minimum atomic E-state index is -0.917. The van der Waals surface area contributed by atoms with Crippen LogP contribution in [0, 0.1) is 11.8 Å². The molecule has 2 rings (SSSR count). The molecule has 2 aromatic carbocycles. The van der Waals surface area contributed by atoms with Gasteiger partial charge in [-0.15, -0.1) is 0 Å². The molecule has 0 saturated carbocycles. The van der Waals surface area contributed by atoms with Crippen LogP contribution in [0.2, 0.25) is 0 Å². The van der Waals surface area contributed by atoms with Gasteiger partial charge in [-0.3, -0.25) is 19.6 Å². The molecule has 1 atom stereocenters. The van der Waals surface area contributed by atoms with Crippen molar-refractivity contribution in [3.05, 3.63) is 71.3 Å². The van der Waals surface area contributed by atoms with Crippen LogP contribution >= 0.6 is 0 Å². The molecular weight excluding hydrogens is 434 g/mol. The third kappa shape index (κ3) is 9.86. The van der Waals surface area contributed by atoms with Crippen molar-refractivity contribution in [2.45, 2.75) is 38.1 Å². The van der Waals surface area contributed by atoms with Crippen LogP contribution in [0.25, 0.3) is 0 Å². The summed E-state index contributed by atoms with van der Waals surface area (Å²) in [5.74, 6) is 4.30. The summed E-state index contributed by atoms with van der Waals surface area (Å²) in [7, 11) is 1.56. The van der Waals surface area contributed by atoms with Gasteiger partial charge in [-0.1, -0.05) is 42.2 Å². The highest BCUT2D eigenvalue weighted by molar-refractivity contribution is 5.97. The fourth-order valence-corrected chi connectivity index (χ4v) is 3.19. The van der Waals surface area contributed by atoms with Crippen molar-refractivity contribution < 1.29 is 24.3 Å². The molecule has 4 N–H and O–H groups in total. The molecule has 0 fully saturated rings. The Kier molecular flexibility index (Phi) is 11.9. The number of rotatable bonds is 12. The first-order valence-electron chi connectivity index (χ1n) is 11.2. The molecule has 0 heterocycles. The normalized spacial score (nSPS) is 11.0. The number of hydrogen-bond acceptors (Lipinski definition) is 5. The Hall–Kier alpha value is -3.67. The van der Waals surface area contributed by atoms with Gasteiger partial charge in [0, 0.05) is 31.2 Å². The predicted molar refractivity (Wildman–Crippen MR) is 128 cm³/mol. The standard InChI is InChI=1S/C26H31N3O5/c1-34-19-7-11-21-12-14-22(15-13-21)25(31)28-23(16-17-24(30)29-33)26(32)27-18-6-5-10-20-8-3-2-4-9-20/h2-4,8-9,12-15,23,33H,5-6,10,16-19H2,1H3,(H,27,32)(H,28,31)(H,29,30). The molecule has 0 aliphatic rings. The van der Waals surface area contributed by atoms with Crippen LogP contribution in [-0.2, 0) is 20.7 Å². The van der Waals surface area contributed by atoms with Crippen molar-refractivity contribution in [3.8, 4) is 11.8 Å². The van der Waals surface area contributed by atoms with E-state index in [0.29, 0.717) is 18.7 Å². The van der Waals surface area contributed by atoms with Crippen LogP contribution in [-0.4, -0.2) is 49.2 Å². The van der Waals surface area contributed by atoms with Crippen molar-refractivity contribution >= 4 is 17.7 Å². The predicted octanol–water partition coefficient (Wildman–Crippen LogP) is 2.21. The molecule has 8 nitrogen and oxygen atoms in total. The summed E-state index contributed by atoms with van der Waals surface area (Å²) < 4.78 is 4.88. The summed E-state index contributed by atoms with van der Waals surface area (Å²) in [5, 5.41) is 14.2. The fraction of sp³-hybridized carbons (Fsp3) is 0.346. The number of carbonyl (C=O) groups is 3. The lowest BCUT2D eigenvalue weighted by Crippen LogP contribution is -2.47. The Balaban J connectivity index is 1.89. The lowest BCUT2D eigenvalue weighted by atomic mass is 10.1. The van der Waals surface area contributed by atoms with E-state index in [9.17, 15) is 14.4 Å². The van der Waals surface area contributed by atoms with Gasteiger partial charge >= 0.3 is 0 Å². The van der Waals surface area contributed by atoms with Crippen molar-refractivity contribution in [2.75, 3.05) is 20.3 Å². The maximum absolute atomic E-state index is 12.7. The largest absolute Gasteiger partial charge is 0.372 e. The number of unbranched alkanes of at least 4 members (excludes halogenated alkanes) is 1. The summed E-state index contributed by atoms with van der Waals surface area (Å²) in [5.41, 5.74) is 3.88. The number of amides is 3. The summed E-state index contributed by atoms with van der Waals surface area (Å²) in [4.78, 5) is 36.8. The average Bonchev–Trinajstić information content (AvgIpc) is 2.87. The number of benzene rings is 2. The number of ether oxygens (including phenoxy) is 1. The summed E-state index contributed by atoms with van der Waals surface area (Å²) in [6, 6.07) is 15.8. The molecule has 0 radical (unpaired) electrons. The molecule has 3 amide bonds. The van der Waals surface area contributed by atoms with Crippen molar-refractivity contribution in [1.82, 2.24) is 16.1 Å². The zero-order valence-corrected chi connectivity index (χ0v) is 19.3. The molecule has 1 unspecified atom stereocenters. The minimum Gasteiger partial charge on any atom is -0.372 e. The van der Waals surface area contributed by atoms with Crippen molar-refractivity contribution in [3.63, 3.8) is 0 Å². The van der Waals surface area contributed by atoms with E-state index in [4.69, 9.17) is 9.94 Å². The van der Waals surface area contributed by atoms with Gasteiger partial charge in [0.2, 0.25) is 11.8 Å². The Morgan fingerprint density at radius 2 is 1.76 bits per heavy atom. The summed E-state index contributed by atoms with van der Waals surface area (Å²) in [6.45, 7) is 0.770. The van der Waals surface area contributed by atoms with E-state index in [1.54, 1.807) is 36.9 Å². The van der Waals surface area contributed by atoms with E-state index in [-0.39, 0.29) is 18.7 Å². The Morgan fingerprint density at radius 3 is 2.44 bits per heavy atom. The van der Waals surface area contributed by atoms with Crippen molar-refractivity contribution in [2.24, 2.45) is 0 Å². The van der Waals surface area contributed by atoms with Crippen LogP contribution in [0.3, 0.4) is 0 Å². The van der Waals surface area contributed by atoms with E-state index in [2.05, 4.69) is 34.6 Å². The second-order valence-corrected chi connectivity index (χ2v) is 7.65. The molecule has 8 heteroatoms. The second-order valence-electron chi connectivity index (χ2n) is 7.65. The molecule has 0 saturated heterocycles. The molecule has 0 aromatic heterocycles. The molecule has 0 spiro atoms. The quantitative estimate of drug-likeness (QED) is 0.166. The number of aryl methyl sites for hydroxylation is 1. The van der Waals surface area contributed by atoms with Crippen LogP contribution in [0.15, 0.2) is 54.6 Å². The number of carbonyl (C=O) groups excluding carboxylic acids is 3. The Labute approximate surface area is 200 Å². The Morgan fingerprint density at radius 1 is 1.03 bits per heavy atom. The highest BCUT2D eigenvalue weighted by Gasteiger charge is 2.22. The highest BCUT2D eigenvalue weighted by Crippen LogP contribution is 2.07. The van der Waals surface area contributed by atoms with E-state index >= 15 is 0 Å². The van der Waals surface area contributed by atoms with E-state index in [1.165, 1.54) is 5.56 Å². The van der Waals surface area contributed by atoms with Gasteiger partial charge in [0.25, 0.3) is 5.91 Å². The SMILES string of the molecule is COCC#Cc1ccc(C(=O)NC(CCC(=O)NO)C(=O)NCCCCc2ccccc2)cc1. The summed E-state index contributed by atoms with van der Waals surface area (Å²) >= 11 is 0. The van der Waals surface area contributed by atoms with E-state index in [1.807, 2.05) is 18.2 Å². The number of nitrogens with one attached hydrogen (secondary N) is 3. The van der Waals surface area contributed by atoms with Gasteiger partial charge in [0.15, 0.2) is 0 Å². The zero-order valence-electron chi connectivity index (χ0n) is 19.3. The molecule has 34 heavy (non-hydrogen) atoms. The Bertz CT molecular complexity index is 981. The number of methoxy groups -OCH3 is 1. The number of hydrogen-bond donors (Lipinski definition) is 4. The van der Waals surface area contributed by atoms with Gasteiger partial charge in [-0.2, -0.15) is 0 Å². The van der Waals surface area contributed by atoms with Crippen LogP contribution < -0.4 is 16.1 Å².